The van der Waals surface area contributed by atoms with Crippen molar-refractivity contribution in [3.8, 4) is 5.75 Å². The van der Waals surface area contributed by atoms with Crippen LogP contribution in [0.2, 0.25) is 5.02 Å². The van der Waals surface area contributed by atoms with Crippen LogP contribution in [-0.2, 0) is 13.8 Å². The Morgan fingerprint density at radius 1 is 1.43 bits per heavy atom. The Hall–Kier alpha value is -1.46. The molecule has 3 atom stereocenters. The molecule has 7 nitrogen and oxygen atoms in total. The van der Waals surface area contributed by atoms with Crippen molar-refractivity contribution in [3.05, 3.63) is 41.3 Å². The summed E-state index contributed by atoms with van der Waals surface area (Å²) >= 11 is 6.71. The first-order chi connectivity index (χ1) is 12.8. The highest BCUT2D eigenvalue weighted by molar-refractivity contribution is 7.92. The molecule has 1 aliphatic heterocycles. The predicted molar refractivity (Wildman–Crippen MR) is 112 cm³/mol. The third-order valence-electron chi connectivity index (χ3n) is 3.78. The molecule has 0 aromatic heterocycles. The quantitative estimate of drug-likeness (QED) is 0.323. The minimum atomic E-state index is -0.617. The van der Waals surface area contributed by atoms with Crippen molar-refractivity contribution in [2.24, 2.45) is 0 Å². The van der Waals surface area contributed by atoms with Crippen LogP contribution in [0.4, 0.5) is 4.39 Å². The van der Waals surface area contributed by atoms with Gasteiger partial charge in [-0.15, -0.1) is 0 Å². The standard InChI is InChI=1S/C17H21ClFN3O4S.H2S/c1-10(21-17(24)16-11(2)22(16)27-25-3)6-7-20-15(23)9-26-12-4-5-13(18)14(19)8-12;/h4-5,8,11,16H,1,6-7,9H2,2-3H3,(H,20,23)(H,21,24);1H2. The summed E-state index contributed by atoms with van der Waals surface area (Å²) in [6.45, 7) is 5.73. The molecular weight excluding hydrogens is 429 g/mol. The third-order valence-corrected chi connectivity index (χ3v) is 4.97. The molecule has 156 valence electrons. The van der Waals surface area contributed by atoms with Crippen LogP contribution in [0.3, 0.4) is 0 Å². The van der Waals surface area contributed by atoms with E-state index in [1.807, 2.05) is 11.2 Å². The smallest absolute Gasteiger partial charge is 0.257 e. The highest BCUT2D eigenvalue weighted by Gasteiger charge is 2.50. The molecule has 11 heteroatoms. The maximum Gasteiger partial charge on any atom is 0.257 e. The number of hydrogen-bond donors (Lipinski definition) is 2. The van der Waals surface area contributed by atoms with Gasteiger partial charge in [0, 0.05) is 30.8 Å². The fourth-order valence-electron chi connectivity index (χ4n) is 2.29. The van der Waals surface area contributed by atoms with Gasteiger partial charge in [0.05, 0.1) is 24.4 Å². The number of nitrogens with zero attached hydrogens (tertiary/aromatic N) is 1. The Kier molecular flexibility index (Phi) is 10.1. The van der Waals surface area contributed by atoms with Crippen molar-refractivity contribution >= 4 is 49.1 Å². The van der Waals surface area contributed by atoms with E-state index in [9.17, 15) is 14.0 Å². The van der Waals surface area contributed by atoms with Crippen LogP contribution in [-0.4, -0.2) is 48.5 Å². The molecule has 2 amide bonds. The molecule has 2 N–H and O–H groups in total. The summed E-state index contributed by atoms with van der Waals surface area (Å²) in [6.07, 6.45) is 0.381. The fourth-order valence-corrected chi connectivity index (χ4v) is 3.14. The van der Waals surface area contributed by atoms with E-state index in [0.29, 0.717) is 12.1 Å². The highest BCUT2D eigenvalue weighted by Crippen LogP contribution is 2.36. The van der Waals surface area contributed by atoms with Crippen molar-refractivity contribution in [2.75, 3.05) is 20.3 Å². The lowest BCUT2D eigenvalue weighted by atomic mass is 10.3. The van der Waals surface area contributed by atoms with Crippen molar-refractivity contribution in [1.82, 2.24) is 14.9 Å². The van der Waals surface area contributed by atoms with Gasteiger partial charge in [-0.3, -0.25) is 9.59 Å². The average Bonchev–Trinajstić information content (AvgIpc) is 3.25. The van der Waals surface area contributed by atoms with Gasteiger partial charge < -0.3 is 19.6 Å². The first-order valence-electron chi connectivity index (χ1n) is 8.15. The summed E-state index contributed by atoms with van der Waals surface area (Å²) in [4.78, 5) is 23.8. The van der Waals surface area contributed by atoms with E-state index < -0.39 is 5.82 Å². The third kappa shape index (κ3) is 7.17. The second-order valence-electron chi connectivity index (χ2n) is 5.84. The summed E-state index contributed by atoms with van der Waals surface area (Å²) < 4.78 is 25.2. The van der Waals surface area contributed by atoms with Crippen LogP contribution in [0.25, 0.3) is 0 Å². The molecule has 1 aromatic carbocycles. The Labute approximate surface area is 179 Å². The van der Waals surface area contributed by atoms with Crippen LogP contribution in [0.1, 0.15) is 13.3 Å². The molecule has 2 rings (SSSR count). The first kappa shape index (κ1) is 24.6. The summed E-state index contributed by atoms with van der Waals surface area (Å²) in [7, 11) is 1.54. The topological polar surface area (TPSA) is 79.7 Å². The van der Waals surface area contributed by atoms with Crippen molar-refractivity contribution in [3.63, 3.8) is 0 Å². The molecule has 3 unspecified atom stereocenters. The van der Waals surface area contributed by atoms with Gasteiger partial charge in [-0.2, -0.15) is 13.5 Å². The van der Waals surface area contributed by atoms with Gasteiger partial charge in [0.25, 0.3) is 5.91 Å². The molecule has 0 saturated carbocycles. The number of hydrogen-bond acceptors (Lipinski definition) is 6. The lowest BCUT2D eigenvalue weighted by Crippen LogP contribution is -2.33. The number of amides is 2. The molecule has 1 saturated heterocycles. The van der Waals surface area contributed by atoms with Gasteiger partial charge in [-0.1, -0.05) is 18.2 Å². The second-order valence-corrected chi connectivity index (χ2v) is 7.16. The van der Waals surface area contributed by atoms with E-state index in [-0.39, 0.29) is 61.3 Å². The van der Waals surface area contributed by atoms with Crippen LogP contribution < -0.4 is 15.4 Å². The largest absolute Gasteiger partial charge is 0.484 e. The number of benzene rings is 1. The Bertz CT molecular complexity index is 726. The molecule has 1 heterocycles. The summed E-state index contributed by atoms with van der Waals surface area (Å²) in [5.41, 5.74) is 0.502. The fraction of sp³-hybridized carbons (Fsp3) is 0.412. The molecule has 0 spiro atoms. The van der Waals surface area contributed by atoms with Gasteiger partial charge in [-0.05, 0) is 19.1 Å². The van der Waals surface area contributed by atoms with E-state index in [1.54, 1.807) is 7.11 Å². The molecule has 1 aromatic rings. The Balaban J connectivity index is 0.00000392. The molecule has 1 fully saturated rings. The van der Waals surface area contributed by atoms with Crippen molar-refractivity contribution in [2.45, 2.75) is 25.4 Å². The van der Waals surface area contributed by atoms with Crippen LogP contribution in [0.15, 0.2) is 30.5 Å². The van der Waals surface area contributed by atoms with E-state index >= 15 is 0 Å². The number of rotatable bonds is 10. The maximum absolute atomic E-state index is 13.3. The summed E-state index contributed by atoms with van der Waals surface area (Å²) in [5, 5.41) is 5.34. The second kappa shape index (κ2) is 11.5. The zero-order chi connectivity index (χ0) is 20.0. The first-order valence-corrected chi connectivity index (χ1v) is 9.23. The predicted octanol–water partition coefficient (Wildman–Crippen LogP) is 2.39. The van der Waals surface area contributed by atoms with Crippen LogP contribution >= 0.6 is 37.3 Å². The van der Waals surface area contributed by atoms with Crippen molar-refractivity contribution in [1.29, 1.82) is 0 Å². The minimum absolute atomic E-state index is 0. The Morgan fingerprint density at radius 2 is 2.14 bits per heavy atom. The van der Waals surface area contributed by atoms with Gasteiger partial charge in [0.2, 0.25) is 5.91 Å². The minimum Gasteiger partial charge on any atom is -0.484 e. The molecule has 28 heavy (non-hydrogen) atoms. The van der Waals surface area contributed by atoms with Crippen LogP contribution in [0, 0.1) is 5.82 Å². The lowest BCUT2D eigenvalue weighted by molar-refractivity contribution is -0.123. The number of halogens is 2. The highest BCUT2D eigenvalue weighted by atomic mass is 35.5. The number of ether oxygens (including phenoxy) is 1. The van der Waals surface area contributed by atoms with E-state index in [2.05, 4.69) is 17.2 Å². The monoisotopic (exact) mass is 451 g/mol. The molecular formula is C17H23ClFN3O4S2. The van der Waals surface area contributed by atoms with E-state index in [4.69, 9.17) is 20.5 Å². The SMILES string of the molecule is C=C(CCNC(=O)COc1ccc(Cl)c(F)c1)NC(=O)C1C(C)N1SOC.S. The summed E-state index contributed by atoms with van der Waals surface area (Å²) in [6, 6.07) is 3.77. The molecule has 0 aliphatic carbocycles. The van der Waals surface area contributed by atoms with E-state index in [1.165, 1.54) is 12.1 Å². The van der Waals surface area contributed by atoms with Gasteiger partial charge in [0.15, 0.2) is 6.61 Å². The lowest BCUT2D eigenvalue weighted by Gasteiger charge is -2.10. The van der Waals surface area contributed by atoms with Crippen LogP contribution in [0.5, 0.6) is 5.75 Å². The number of nitrogens with one attached hydrogen (secondary N) is 2. The molecule has 0 bridgehead atoms. The molecule has 1 aliphatic rings. The Morgan fingerprint density at radius 3 is 2.79 bits per heavy atom. The van der Waals surface area contributed by atoms with Crippen molar-refractivity contribution < 1.29 is 22.9 Å². The average molecular weight is 452 g/mol. The van der Waals surface area contributed by atoms with Gasteiger partial charge in [0.1, 0.15) is 17.6 Å². The maximum atomic E-state index is 13.3. The zero-order valence-electron chi connectivity index (χ0n) is 15.5. The normalized spacial score (nSPS) is 19.9. The van der Waals surface area contributed by atoms with Gasteiger partial charge >= 0.3 is 0 Å². The zero-order valence-corrected chi connectivity index (χ0v) is 18.0. The number of carbonyl (C=O) groups excluding carboxylic acids is 2. The summed E-state index contributed by atoms with van der Waals surface area (Å²) in [5.74, 6) is -0.936. The molecule has 0 radical (unpaired) electrons. The van der Waals surface area contributed by atoms with Gasteiger partial charge in [-0.25, -0.2) is 8.70 Å². The number of carbonyl (C=O) groups is 2. The van der Waals surface area contributed by atoms with E-state index in [0.717, 1.165) is 18.3 Å².